The van der Waals surface area contributed by atoms with Crippen LogP contribution < -0.4 is 10.6 Å². The zero-order valence-electron chi connectivity index (χ0n) is 19.4. The molecule has 2 saturated heterocycles. The van der Waals surface area contributed by atoms with Crippen molar-refractivity contribution < 1.29 is 4.42 Å². The van der Waals surface area contributed by atoms with E-state index < -0.39 is 0 Å². The Labute approximate surface area is 199 Å². The lowest BCUT2D eigenvalue weighted by Gasteiger charge is -2.35. The predicted octanol–water partition coefficient (Wildman–Crippen LogP) is 3.16. The number of oxazole rings is 1. The lowest BCUT2D eigenvalue weighted by molar-refractivity contribution is 0.162. The molecule has 0 bridgehead atoms. The number of likely N-dealkylation sites (tertiary alicyclic amines) is 2. The van der Waals surface area contributed by atoms with Gasteiger partial charge in [0.2, 0.25) is 5.89 Å². The maximum Gasteiger partial charge on any atom is 0.208 e. The molecule has 30 heavy (non-hydrogen) atoms. The number of halogens is 1. The number of hydrogen-bond donors (Lipinski definition) is 2. The van der Waals surface area contributed by atoms with Crippen LogP contribution in [-0.2, 0) is 6.54 Å². The first-order valence-corrected chi connectivity index (χ1v) is 11.3. The van der Waals surface area contributed by atoms with Crippen LogP contribution in [0.25, 0.3) is 0 Å². The van der Waals surface area contributed by atoms with Crippen molar-refractivity contribution in [2.24, 2.45) is 10.9 Å². The number of hydrogen-bond acceptors (Lipinski definition) is 5. The zero-order chi connectivity index (χ0) is 20.8. The third-order valence-corrected chi connectivity index (χ3v) is 6.52. The number of aromatic nitrogens is 1. The van der Waals surface area contributed by atoms with E-state index in [1.165, 1.54) is 38.8 Å². The van der Waals surface area contributed by atoms with Crippen LogP contribution in [0.5, 0.6) is 0 Å². The average Bonchev–Trinajstić information content (AvgIpc) is 3.03. The number of nitrogens with one attached hydrogen (secondary N) is 2. The lowest BCUT2D eigenvalue weighted by Crippen LogP contribution is -2.50. The molecule has 7 nitrogen and oxygen atoms in total. The molecule has 8 heteroatoms. The highest BCUT2D eigenvalue weighted by Gasteiger charge is 2.23. The van der Waals surface area contributed by atoms with Gasteiger partial charge in [-0.05, 0) is 72.4 Å². The van der Waals surface area contributed by atoms with Crippen LogP contribution in [0.4, 0.5) is 0 Å². The lowest BCUT2D eigenvalue weighted by atomic mass is 9.97. The summed E-state index contributed by atoms with van der Waals surface area (Å²) in [6, 6.07) is 1.18. The summed E-state index contributed by atoms with van der Waals surface area (Å²) < 4.78 is 5.74. The quantitative estimate of drug-likeness (QED) is 0.334. The fourth-order valence-electron chi connectivity index (χ4n) is 4.34. The first-order valence-electron chi connectivity index (χ1n) is 11.3. The van der Waals surface area contributed by atoms with Crippen molar-refractivity contribution in [1.29, 1.82) is 0 Å². The molecular formula is C22H41IN6O. The summed E-state index contributed by atoms with van der Waals surface area (Å²) in [6.07, 6.45) is 4.79. The molecular weight excluding hydrogens is 491 g/mol. The van der Waals surface area contributed by atoms with Crippen LogP contribution in [0.15, 0.2) is 9.41 Å². The predicted molar refractivity (Wildman–Crippen MR) is 134 cm³/mol. The zero-order valence-corrected chi connectivity index (χ0v) is 21.7. The van der Waals surface area contributed by atoms with Crippen LogP contribution in [0.2, 0.25) is 0 Å². The van der Waals surface area contributed by atoms with Gasteiger partial charge in [-0.25, -0.2) is 4.98 Å². The smallest absolute Gasteiger partial charge is 0.208 e. The van der Waals surface area contributed by atoms with Crippen molar-refractivity contribution in [3.05, 3.63) is 17.3 Å². The minimum Gasteiger partial charge on any atom is -0.444 e. The summed E-state index contributed by atoms with van der Waals surface area (Å²) in [5, 5.41) is 7.21. The van der Waals surface area contributed by atoms with Crippen LogP contribution in [-0.4, -0.2) is 72.6 Å². The summed E-state index contributed by atoms with van der Waals surface area (Å²) in [7, 11) is 1.88. The van der Waals surface area contributed by atoms with E-state index in [2.05, 4.69) is 44.3 Å². The first kappa shape index (κ1) is 25.4. The second-order valence-corrected chi connectivity index (χ2v) is 8.97. The van der Waals surface area contributed by atoms with Gasteiger partial charge in [0.05, 0.1) is 12.2 Å². The minimum atomic E-state index is 0. The third kappa shape index (κ3) is 7.37. The number of aliphatic imine (C=N–C) groups is 1. The highest BCUT2D eigenvalue weighted by molar-refractivity contribution is 14.0. The fraction of sp³-hybridized carbons (Fsp3) is 0.818. The maximum absolute atomic E-state index is 5.74. The Kier molecular flexibility index (Phi) is 10.4. The normalized spacial score (nSPS) is 20.4. The molecule has 2 aliphatic heterocycles. The van der Waals surface area contributed by atoms with Crippen molar-refractivity contribution in [1.82, 2.24) is 25.4 Å². The van der Waals surface area contributed by atoms with Crippen LogP contribution in [0.1, 0.15) is 56.9 Å². The molecule has 0 aliphatic carbocycles. The number of nitrogens with zero attached hydrogens (tertiary/aromatic N) is 4. The second kappa shape index (κ2) is 12.2. The SMILES string of the molecule is CN=C(NCC1CCN(Cc2nc(C)c(C)o2)CC1)NC1CCN(C(C)C)CC1.I. The highest BCUT2D eigenvalue weighted by Crippen LogP contribution is 2.19. The van der Waals surface area contributed by atoms with Crippen molar-refractivity contribution in [3.63, 3.8) is 0 Å². The molecule has 0 atom stereocenters. The monoisotopic (exact) mass is 532 g/mol. The molecule has 1 aromatic rings. The fourth-order valence-corrected chi connectivity index (χ4v) is 4.34. The van der Waals surface area contributed by atoms with Gasteiger partial charge in [0.15, 0.2) is 5.96 Å². The average molecular weight is 533 g/mol. The molecule has 172 valence electrons. The van der Waals surface area contributed by atoms with Crippen LogP contribution in [0.3, 0.4) is 0 Å². The summed E-state index contributed by atoms with van der Waals surface area (Å²) in [5.74, 6) is 3.44. The van der Waals surface area contributed by atoms with E-state index in [0.29, 0.717) is 18.0 Å². The van der Waals surface area contributed by atoms with E-state index in [-0.39, 0.29) is 24.0 Å². The van der Waals surface area contributed by atoms with Crippen LogP contribution in [0, 0.1) is 19.8 Å². The van der Waals surface area contributed by atoms with Gasteiger partial charge in [0.25, 0.3) is 0 Å². The highest BCUT2D eigenvalue weighted by atomic mass is 127. The van der Waals surface area contributed by atoms with Gasteiger partial charge >= 0.3 is 0 Å². The van der Waals surface area contributed by atoms with Crippen molar-refractivity contribution in [2.75, 3.05) is 39.8 Å². The van der Waals surface area contributed by atoms with E-state index in [9.17, 15) is 0 Å². The topological polar surface area (TPSA) is 68.9 Å². The van der Waals surface area contributed by atoms with Gasteiger partial charge in [-0.3, -0.25) is 9.89 Å². The van der Waals surface area contributed by atoms with E-state index in [0.717, 1.165) is 49.5 Å². The molecule has 0 aromatic carbocycles. The summed E-state index contributed by atoms with van der Waals surface area (Å²) in [6.45, 7) is 14.9. The second-order valence-electron chi connectivity index (χ2n) is 8.97. The Morgan fingerprint density at radius 3 is 2.33 bits per heavy atom. The third-order valence-electron chi connectivity index (χ3n) is 6.52. The van der Waals surface area contributed by atoms with Crippen LogP contribution >= 0.6 is 24.0 Å². The number of rotatable bonds is 6. The molecule has 2 N–H and O–H groups in total. The Bertz CT molecular complexity index is 641. The Morgan fingerprint density at radius 2 is 1.80 bits per heavy atom. The Hall–Kier alpha value is -0.870. The molecule has 2 fully saturated rings. The molecule has 3 rings (SSSR count). The van der Waals surface area contributed by atoms with E-state index >= 15 is 0 Å². The first-order chi connectivity index (χ1) is 13.9. The van der Waals surface area contributed by atoms with E-state index in [1.807, 2.05) is 20.9 Å². The molecule has 2 aliphatic rings. The van der Waals surface area contributed by atoms with Crippen molar-refractivity contribution in [2.45, 2.75) is 72.0 Å². The van der Waals surface area contributed by atoms with Crippen molar-refractivity contribution >= 4 is 29.9 Å². The summed E-state index contributed by atoms with van der Waals surface area (Å²) in [5.41, 5.74) is 1.01. The van der Waals surface area contributed by atoms with Gasteiger partial charge in [-0.15, -0.1) is 24.0 Å². The molecule has 0 amide bonds. The minimum absolute atomic E-state index is 0. The maximum atomic E-state index is 5.74. The molecule has 1 aromatic heterocycles. The number of aryl methyl sites for hydroxylation is 2. The molecule has 0 saturated carbocycles. The standard InChI is InChI=1S/C22H40N6O.HI/c1-16(2)28-12-8-20(9-13-28)26-22(23-5)24-14-19-6-10-27(11-7-19)15-21-25-17(3)18(4)29-21;/h16,19-20H,6-15H2,1-5H3,(H2,23,24,26);1H. The van der Waals surface area contributed by atoms with Gasteiger partial charge in [0, 0.05) is 38.8 Å². The summed E-state index contributed by atoms with van der Waals surface area (Å²) in [4.78, 5) is 14.0. The Morgan fingerprint density at radius 1 is 1.13 bits per heavy atom. The van der Waals surface area contributed by atoms with E-state index in [1.54, 1.807) is 0 Å². The Balaban J connectivity index is 0.00000320. The van der Waals surface area contributed by atoms with Gasteiger partial charge in [0.1, 0.15) is 5.76 Å². The molecule has 0 radical (unpaired) electrons. The molecule has 3 heterocycles. The number of guanidine groups is 1. The summed E-state index contributed by atoms with van der Waals surface area (Å²) >= 11 is 0. The van der Waals surface area contributed by atoms with Crippen molar-refractivity contribution in [3.8, 4) is 0 Å². The molecule has 0 unspecified atom stereocenters. The largest absolute Gasteiger partial charge is 0.444 e. The number of piperidine rings is 2. The molecule has 0 spiro atoms. The van der Waals surface area contributed by atoms with Gasteiger partial charge in [-0.1, -0.05) is 0 Å². The van der Waals surface area contributed by atoms with Gasteiger partial charge < -0.3 is 20.0 Å². The van der Waals surface area contributed by atoms with E-state index in [4.69, 9.17) is 4.42 Å². The van der Waals surface area contributed by atoms with Gasteiger partial charge in [-0.2, -0.15) is 0 Å².